The number of aliphatic hydroxyl groups is 1. The molecular formula is C37H50FN7O8PS+. The maximum absolute atomic E-state index is 13.7. The Kier molecular flexibility index (Phi) is 14.3. The average Bonchev–Trinajstić information content (AvgIpc) is 3.15. The van der Waals surface area contributed by atoms with Gasteiger partial charge in [0.2, 0.25) is 16.0 Å². The quantitative estimate of drug-likeness (QED) is 0.0306. The number of sulfonamides is 1. The van der Waals surface area contributed by atoms with E-state index < -0.39 is 30.7 Å². The summed E-state index contributed by atoms with van der Waals surface area (Å²) in [5, 5.41) is 20.2. The van der Waals surface area contributed by atoms with E-state index in [9.17, 15) is 22.5 Å². The predicted octanol–water partition coefficient (Wildman–Crippen LogP) is 5.40. The van der Waals surface area contributed by atoms with Gasteiger partial charge in [-0.3, -0.25) is 0 Å². The molecule has 55 heavy (non-hydrogen) atoms. The van der Waals surface area contributed by atoms with Crippen LogP contribution < -0.4 is 20.7 Å². The van der Waals surface area contributed by atoms with Crippen molar-refractivity contribution in [1.82, 2.24) is 19.6 Å². The molecule has 1 unspecified atom stereocenters. The molecule has 1 atom stereocenters. The fraction of sp³-hybridized carbons (Fsp3) is 0.405. The van der Waals surface area contributed by atoms with Gasteiger partial charge in [0.25, 0.3) is 0 Å². The van der Waals surface area contributed by atoms with Crippen molar-refractivity contribution in [2.45, 2.75) is 56.2 Å². The zero-order valence-electron chi connectivity index (χ0n) is 31.1. The first-order valence-electron chi connectivity index (χ1n) is 18.0. The summed E-state index contributed by atoms with van der Waals surface area (Å²) in [7, 11) is -4.90. The van der Waals surface area contributed by atoms with Gasteiger partial charge in [0.15, 0.2) is 6.79 Å². The molecule has 6 N–H and O–H groups in total. The van der Waals surface area contributed by atoms with Crippen LogP contribution in [0.15, 0.2) is 83.9 Å². The number of quaternary nitrogens is 1. The highest BCUT2D eigenvalue weighted by Crippen LogP contribution is 2.37. The van der Waals surface area contributed by atoms with Crippen LogP contribution in [0.4, 0.5) is 27.5 Å². The van der Waals surface area contributed by atoms with E-state index in [4.69, 9.17) is 14.5 Å². The number of anilines is 4. The fourth-order valence-corrected chi connectivity index (χ4v) is 7.95. The maximum Gasteiger partial charge on any atom is 0.472 e. The molecule has 0 spiro atoms. The third kappa shape index (κ3) is 12.2. The van der Waals surface area contributed by atoms with Gasteiger partial charge in [-0.05, 0) is 85.3 Å². The van der Waals surface area contributed by atoms with Crippen LogP contribution in [-0.4, -0.2) is 95.2 Å². The smallest absolute Gasteiger partial charge is 0.466 e. The number of hydrogen-bond donors (Lipinski definition) is 6. The van der Waals surface area contributed by atoms with Crippen molar-refractivity contribution in [2.24, 2.45) is 0 Å². The second-order valence-electron chi connectivity index (χ2n) is 13.8. The van der Waals surface area contributed by atoms with Crippen LogP contribution in [0.2, 0.25) is 0 Å². The van der Waals surface area contributed by atoms with Crippen molar-refractivity contribution in [2.75, 3.05) is 57.7 Å². The number of ether oxygens (including phenoxy) is 1. The lowest BCUT2D eigenvalue weighted by atomic mass is 10.0. The van der Waals surface area contributed by atoms with Gasteiger partial charge in [-0.1, -0.05) is 19.4 Å². The Hall–Kier alpha value is -4.03. The Labute approximate surface area is 321 Å². The van der Waals surface area contributed by atoms with E-state index in [2.05, 4.69) is 44.4 Å². The Balaban J connectivity index is 1.19. The van der Waals surface area contributed by atoms with E-state index in [1.165, 1.54) is 28.6 Å². The van der Waals surface area contributed by atoms with Crippen molar-refractivity contribution in [3.8, 4) is 5.75 Å². The number of aliphatic hydroxyl groups excluding tert-OH is 1. The second-order valence-corrected chi connectivity index (χ2v) is 17.1. The monoisotopic (exact) mass is 802 g/mol. The number of hydrogen-bond acceptors (Lipinski definition) is 11. The zero-order chi connectivity index (χ0) is 39.6. The molecule has 15 nitrogen and oxygen atoms in total. The SMILES string of the molecule is CCCCNCC(O)c1ccc(C[N+]2(C)CCC(N(C)S(=O)(=O)c3ccc(Nc4nccc(Nc5ccc(F)cc5)n4)cc3)CC2)c(OCOP(=O)(O)O)c1. The minimum Gasteiger partial charge on any atom is -0.466 e. The van der Waals surface area contributed by atoms with Crippen LogP contribution >= 0.6 is 7.82 Å². The highest BCUT2D eigenvalue weighted by Gasteiger charge is 2.37. The summed E-state index contributed by atoms with van der Waals surface area (Å²) in [5.41, 5.74) is 2.61. The number of likely N-dealkylation sites (tertiary alicyclic amines) is 1. The number of phosphoric ester groups is 1. The lowest BCUT2D eigenvalue weighted by molar-refractivity contribution is -0.927. The van der Waals surface area contributed by atoms with Gasteiger partial charge in [0, 0.05) is 55.6 Å². The van der Waals surface area contributed by atoms with Crippen LogP contribution in [0, 0.1) is 5.82 Å². The molecular weight excluding hydrogens is 752 g/mol. The van der Waals surface area contributed by atoms with Crippen LogP contribution in [-0.2, 0) is 25.7 Å². The summed E-state index contributed by atoms with van der Waals surface area (Å²) < 4.78 is 64.3. The van der Waals surface area contributed by atoms with Crippen molar-refractivity contribution in [1.29, 1.82) is 0 Å². The molecule has 5 rings (SSSR count). The number of phosphoric acid groups is 1. The van der Waals surface area contributed by atoms with E-state index in [1.54, 1.807) is 49.6 Å². The minimum atomic E-state index is -4.76. The van der Waals surface area contributed by atoms with E-state index in [-0.39, 0.29) is 16.8 Å². The lowest BCUT2D eigenvalue weighted by Gasteiger charge is -2.42. The van der Waals surface area contributed by atoms with Crippen LogP contribution in [0.1, 0.15) is 49.8 Å². The third-order valence-corrected chi connectivity index (χ3v) is 12.0. The number of halogens is 1. The number of benzene rings is 3. The highest BCUT2D eigenvalue weighted by molar-refractivity contribution is 7.89. The minimum absolute atomic E-state index is 0.151. The number of aromatic nitrogens is 2. The van der Waals surface area contributed by atoms with E-state index in [0.29, 0.717) is 78.0 Å². The molecule has 0 amide bonds. The average molecular weight is 803 g/mol. The molecule has 0 aliphatic carbocycles. The molecule has 1 saturated heterocycles. The van der Waals surface area contributed by atoms with Gasteiger partial charge in [-0.15, -0.1) is 0 Å². The molecule has 4 aromatic rings. The molecule has 18 heteroatoms. The number of piperidine rings is 1. The summed E-state index contributed by atoms with van der Waals surface area (Å²) >= 11 is 0. The van der Waals surface area contributed by atoms with Crippen molar-refractivity contribution in [3.05, 3.63) is 95.9 Å². The van der Waals surface area contributed by atoms with Gasteiger partial charge >= 0.3 is 7.82 Å². The molecule has 1 aromatic heterocycles. The predicted molar refractivity (Wildman–Crippen MR) is 207 cm³/mol. The Bertz CT molecular complexity index is 2020. The van der Waals surface area contributed by atoms with Gasteiger partial charge in [-0.25, -0.2) is 26.9 Å². The summed E-state index contributed by atoms with van der Waals surface area (Å²) in [6.45, 7) is 4.35. The van der Waals surface area contributed by atoms with Gasteiger partial charge in [0.05, 0.1) is 31.1 Å². The Morgan fingerprint density at radius 2 is 1.69 bits per heavy atom. The molecule has 298 valence electrons. The largest absolute Gasteiger partial charge is 0.472 e. The number of nitrogens with zero attached hydrogens (tertiary/aromatic N) is 4. The summed E-state index contributed by atoms with van der Waals surface area (Å²) in [6.07, 6.45) is 3.96. The highest BCUT2D eigenvalue weighted by atomic mass is 32.2. The Morgan fingerprint density at radius 3 is 2.36 bits per heavy atom. The molecule has 1 fully saturated rings. The van der Waals surface area contributed by atoms with E-state index in [1.807, 2.05) is 12.1 Å². The first-order chi connectivity index (χ1) is 26.1. The molecule has 2 heterocycles. The molecule has 0 radical (unpaired) electrons. The van der Waals surface area contributed by atoms with Crippen LogP contribution in [0.5, 0.6) is 5.75 Å². The first kappa shape index (κ1) is 42.1. The van der Waals surface area contributed by atoms with Crippen LogP contribution in [0.25, 0.3) is 0 Å². The summed E-state index contributed by atoms with van der Waals surface area (Å²) in [5.74, 6) is 0.789. The molecule has 0 bridgehead atoms. The van der Waals surface area contributed by atoms with Gasteiger partial charge in [0.1, 0.15) is 23.9 Å². The second kappa shape index (κ2) is 18.7. The maximum atomic E-state index is 13.7. The van der Waals surface area contributed by atoms with Gasteiger partial charge < -0.3 is 40.1 Å². The molecule has 1 aliphatic heterocycles. The first-order valence-corrected chi connectivity index (χ1v) is 21.0. The summed E-state index contributed by atoms with van der Waals surface area (Å²) in [4.78, 5) is 27.1. The van der Waals surface area contributed by atoms with Gasteiger partial charge in [-0.2, -0.15) is 9.29 Å². The molecule has 1 aliphatic rings. The van der Waals surface area contributed by atoms with Crippen LogP contribution in [0.3, 0.4) is 0 Å². The number of unbranched alkanes of at least 4 members (excludes halogenated alkanes) is 1. The number of nitrogens with one attached hydrogen (secondary N) is 3. The topological polar surface area (TPSA) is 195 Å². The lowest BCUT2D eigenvalue weighted by Crippen LogP contribution is -2.53. The normalized spacial score (nSPS) is 18.2. The fourth-order valence-electron chi connectivity index (χ4n) is 6.34. The van der Waals surface area contributed by atoms with Crippen molar-refractivity contribution >= 4 is 41.0 Å². The zero-order valence-corrected chi connectivity index (χ0v) is 32.8. The van der Waals surface area contributed by atoms with E-state index >= 15 is 0 Å². The summed E-state index contributed by atoms with van der Waals surface area (Å²) in [6, 6.07) is 19.0. The Morgan fingerprint density at radius 1 is 1.02 bits per heavy atom. The molecule has 3 aromatic carbocycles. The van der Waals surface area contributed by atoms with Crippen molar-refractivity contribution in [3.63, 3.8) is 0 Å². The van der Waals surface area contributed by atoms with Crippen molar-refractivity contribution < 1.29 is 46.0 Å². The standard InChI is InChI=1S/C37H49FN7O8PS/c1-4-5-19-39-24-34(46)27-6-7-28(35(23-27)52-26-53-54(47,48)49)25-45(3)21-17-32(18-22-45)44(2)55(50,51)33-14-12-31(13-15-33)42-37-40-20-16-36(43-37)41-30-10-8-29(38)9-11-30/h6-16,20,23,32,34,39,46H,4-5,17-19,21-22,24-26H2,1-3H3,(H3-,40,41,42,43,47,48,49)/p+1. The van der Waals surface area contributed by atoms with E-state index in [0.717, 1.165) is 24.9 Å². The molecule has 0 saturated carbocycles. The number of rotatable bonds is 19. The third-order valence-electron chi connectivity index (χ3n) is 9.59.